The zero-order valence-corrected chi connectivity index (χ0v) is 14.6. The van der Waals surface area contributed by atoms with Gasteiger partial charge >= 0.3 is 15.6 Å². The lowest BCUT2D eigenvalue weighted by Gasteiger charge is -2.42. The highest BCUT2D eigenvalue weighted by Gasteiger charge is 2.50. The predicted molar refractivity (Wildman–Crippen MR) is 85.1 cm³/mol. The minimum Gasteiger partial charge on any atom is -0.491 e. The van der Waals surface area contributed by atoms with Crippen LogP contribution in [0.5, 0.6) is 11.5 Å². The Balaban J connectivity index is 1.94. The molecular weight excluding hydrogens is 359 g/mol. The maximum Gasteiger partial charge on any atom is 0.534 e. The molecule has 5 nitrogen and oxygen atoms in total. The molecule has 0 bridgehead atoms. The molecule has 1 aromatic rings. The fraction of sp³-hybridized carbons (Fsp3) is 0.625. The SMILES string of the molecule is CCCN1CCCC12COc1cccc(OS(=O)(=O)C(F)(F)F)c1C2. The normalized spacial score (nSPS) is 24.2. The fourth-order valence-electron chi connectivity index (χ4n) is 3.67. The van der Waals surface area contributed by atoms with Gasteiger partial charge in [0.2, 0.25) is 0 Å². The van der Waals surface area contributed by atoms with Gasteiger partial charge in [-0.3, -0.25) is 4.90 Å². The highest BCUT2D eigenvalue weighted by Crippen LogP contribution is 2.43. The summed E-state index contributed by atoms with van der Waals surface area (Å²) in [5, 5.41) is 0. The van der Waals surface area contributed by atoms with Crippen LogP contribution in [0, 0.1) is 0 Å². The molecular formula is C16H20F3NO4S. The van der Waals surface area contributed by atoms with E-state index in [2.05, 4.69) is 16.0 Å². The molecule has 140 valence electrons. The first-order chi connectivity index (χ1) is 11.7. The topological polar surface area (TPSA) is 55.8 Å². The van der Waals surface area contributed by atoms with E-state index >= 15 is 0 Å². The van der Waals surface area contributed by atoms with E-state index in [1.807, 2.05) is 0 Å². The number of ether oxygens (including phenoxy) is 1. The third kappa shape index (κ3) is 3.31. The average molecular weight is 379 g/mol. The molecule has 0 aliphatic carbocycles. The van der Waals surface area contributed by atoms with Gasteiger partial charge in [-0.25, -0.2) is 0 Å². The van der Waals surface area contributed by atoms with Gasteiger partial charge in [0.05, 0.1) is 5.54 Å². The predicted octanol–water partition coefficient (Wildman–Crippen LogP) is 3.09. The van der Waals surface area contributed by atoms with Gasteiger partial charge in [-0.2, -0.15) is 21.6 Å². The molecule has 0 radical (unpaired) electrons. The highest BCUT2D eigenvalue weighted by atomic mass is 32.2. The Morgan fingerprint density at radius 2 is 2.12 bits per heavy atom. The summed E-state index contributed by atoms with van der Waals surface area (Å²) in [7, 11) is -5.71. The summed E-state index contributed by atoms with van der Waals surface area (Å²) in [6.45, 7) is 4.27. The number of rotatable bonds is 4. The summed E-state index contributed by atoms with van der Waals surface area (Å²) < 4.78 is 70.9. The first-order valence-corrected chi connectivity index (χ1v) is 9.60. The molecule has 1 unspecified atom stereocenters. The van der Waals surface area contributed by atoms with Crippen LogP contribution in [0.3, 0.4) is 0 Å². The Morgan fingerprint density at radius 3 is 2.80 bits per heavy atom. The largest absolute Gasteiger partial charge is 0.534 e. The summed E-state index contributed by atoms with van der Waals surface area (Å²) in [5.74, 6) is 0.0705. The van der Waals surface area contributed by atoms with Crippen molar-refractivity contribution >= 4 is 10.1 Å². The standard InChI is InChI=1S/C16H20F3NO4S/c1-2-8-20-9-4-7-15(20)10-12-13(23-11-15)5-3-6-14(12)24-25(21,22)16(17,18)19/h3,5-6H,2,4,7-11H2,1H3. The molecule has 0 saturated carbocycles. The maximum atomic E-state index is 12.7. The lowest BCUT2D eigenvalue weighted by Crippen LogP contribution is -2.52. The molecule has 0 amide bonds. The average Bonchev–Trinajstić information content (AvgIpc) is 2.89. The Kier molecular flexibility index (Phi) is 4.65. The lowest BCUT2D eigenvalue weighted by molar-refractivity contribution is -0.0500. The first-order valence-electron chi connectivity index (χ1n) is 8.19. The van der Waals surface area contributed by atoms with Gasteiger partial charge in [0.25, 0.3) is 0 Å². The van der Waals surface area contributed by atoms with Crippen LogP contribution in [-0.2, 0) is 16.5 Å². The van der Waals surface area contributed by atoms with Gasteiger partial charge in [0.1, 0.15) is 18.1 Å². The summed E-state index contributed by atoms with van der Waals surface area (Å²) in [6, 6.07) is 4.29. The van der Waals surface area contributed by atoms with Crippen molar-refractivity contribution in [2.24, 2.45) is 0 Å². The van der Waals surface area contributed by atoms with Crippen LogP contribution < -0.4 is 8.92 Å². The van der Waals surface area contributed by atoms with Gasteiger partial charge in [-0.05, 0) is 44.5 Å². The molecule has 0 aromatic heterocycles. The van der Waals surface area contributed by atoms with Crippen LogP contribution in [0.1, 0.15) is 31.7 Å². The third-order valence-electron chi connectivity index (χ3n) is 4.81. The summed E-state index contributed by atoms with van der Waals surface area (Å²) in [5.41, 5.74) is -5.40. The minimum absolute atomic E-state index is 0.308. The van der Waals surface area contributed by atoms with E-state index in [0.717, 1.165) is 32.4 Å². The summed E-state index contributed by atoms with van der Waals surface area (Å²) in [4.78, 5) is 2.28. The number of hydrogen-bond donors (Lipinski definition) is 0. The van der Waals surface area contributed by atoms with Crippen LogP contribution in [0.25, 0.3) is 0 Å². The quantitative estimate of drug-likeness (QED) is 0.594. The van der Waals surface area contributed by atoms with Crippen LogP contribution in [0.15, 0.2) is 18.2 Å². The van der Waals surface area contributed by atoms with E-state index < -0.39 is 15.6 Å². The number of likely N-dealkylation sites (tertiary alicyclic amines) is 1. The number of nitrogens with zero attached hydrogens (tertiary/aromatic N) is 1. The number of fused-ring (bicyclic) bond motifs is 1. The van der Waals surface area contributed by atoms with Crippen LogP contribution >= 0.6 is 0 Å². The van der Waals surface area contributed by atoms with Crippen LogP contribution in [-0.4, -0.2) is 44.1 Å². The van der Waals surface area contributed by atoms with Crippen molar-refractivity contribution in [3.05, 3.63) is 23.8 Å². The highest BCUT2D eigenvalue weighted by molar-refractivity contribution is 7.88. The molecule has 1 atom stereocenters. The molecule has 1 saturated heterocycles. The molecule has 9 heteroatoms. The van der Waals surface area contributed by atoms with E-state index in [-0.39, 0.29) is 11.3 Å². The van der Waals surface area contributed by atoms with Gasteiger partial charge < -0.3 is 8.92 Å². The molecule has 1 spiro atoms. The van der Waals surface area contributed by atoms with Crippen molar-refractivity contribution in [2.45, 2.75) is 43.7 Å². The van der Waals surface area contributed by atoms with Crippen LogP contribution in [0.4, 0.5) is 13.2 Å². The van der Waals surface area contributed by atoms with Crippen molar-refractivity contribution < 1.29 is 30.5 Å². The molecule has 2 aliphatic heterocycles. The fourth-order valence-corrected chi connectivity index (χ4v) is 4.15. The van der Waals surface area contributed by atoms with Crippen molar-refractivity contribution in [1.82, 2.24) is 4.90 Å². The molecule has 2 heterocycles. The Hall–Kier alpha value is -1.48. The molecule has 1 aromatic carbocycles. The molecule has 1 fully saturated rings. The van der Waals surface area contributed by atoms with E-state index in [1.165, 1.54) is 12.1 Å². The second-order valence-electron chi connectivity index (χ2n) is 6.50. The minimum atomic E-state index is -5.71. The maximum absolute atomic E-state index is 12.7. The molecule has 3 rings (SSSR count). The van der Waals surface area contributed by atoms with E-state index in [1.54, 1.807) is 6.07 Å². The van der Waals surface area contributed by atoms with E-state index in [9.17, 15) is 21.6 Å². The van der Waals surface area contributed by atoms with E-state index in [4.69, 9.17) is 4.74 Å². The second kappa shape index (κ2) is 6.35. The van der Waals surface area contributed by atoms with Crippen LogP contribution in [0.2, 0.25) is 0 Å². The van der Waals surface area contributed by atoms with Gasteiger partial charge in [0.15, 0.2) is 0 Å². The number of alkyl halides is 3. The number of halogens is 3. The summed E-state index contributed by atoms with van der Waals surface area (Å²) >= 11 is 0. The Bertz CT molecular complexity index is 750. The smallest absolute Gasteiger partial charge is 0.491 e. The first kappa shape index (κ1) is 18.3. The molecule has 2 aliphatic rings. The van der Waals surface area contributed by atoms with Crippen molar-refractivity contribution in [2.75, 3.05) is 19.7 Å². The van der Waals surface area contributed by atoms with Gasteiger partial charge in [0, 0.05) is 12.0 Å². The molecule has 25 heavy (non-hydrogen) atoms. The lowest BCUT2D eigenvalue weighted by atomic mass is 9.86. The Labute approximate surface area is 144 Å². The van der Waals surface area contributed by atoms with Crippen molar-refractivity contribution in [1.29, 1.82) is 0 Å². The van der Waals surface area contributed by atoms with Crippen molar-refractivity contribution in [3.8, 4) is 11.5 Å². The molecule has 0 N–H and O–H groups in total. The zero-order chi connectivity index (χ0) is 18.3. The van der Waals surface area contributed by atoms with E-state index in [0.29, 0.717) is 24.3 Å². The number of benzene rings is 1. The monoisotopic (exact) mass is 379 g/mol. The number of hydrogen-bond acceptors (Lipinski definition) is 5. The second-order valence-corrected chi connectivity index (χ2v) is 8.03. The van der Waals surface area contributed by atoms with Gasteiger partial charge in [-0.15, -0.1) is 0 Å². The zero-order valence-electron chi connectivity index (χ0n) is 13.8. The van der Waals surface area contributed by atoms with Gasteiger partial charge in [-0.1, -0.05) is 13.0 Å². The van der Waals surface area contributed by atoms with Crippen molar-refractivity contribution in [3.63, 3.8) is 0 Å². The Morgan fingerprint density at radius 1 is 1.36 bits per heavy atom. The summed E-state index contributed by atoms with van der Waals surface area (Å²) in [6.07, 6.45) is 3.19. The third-order valence-corrected chi connectivity index (χ3v) is 5.78.